The van der Waals surface area contributed by atoms with E-state index in [2.05, 4.69) is 26.3 Å². The first-order valence-corrected chi connectivity index (χ1v) is 9.07. The quantitative estimate of drug-likeness (QED) is 0.744. The predicted molar refractivity (Wildman–Crippen MR) is 101 cm³/mol. The van der Waals surface area contributed by atoms with Crippen molar-refractivity contribution in [2.45, 2.75) is 25.8 Å². The zero-order valence-corrected chi connectivity index (χ0v) is 15.4. The molecule has 1 N–H and O–H groups in total. The van der Waals surface area contributed by atoms with Crippen molar-refractivity contribution >= 4 is 11.6 Å². The molecule has 0 radical (unpaired) electrons. The molecule has 3 aromatic rings. The predicted octanol–water partition coefficient (Wildman–Crippen LogP) is 3.75. The number of nitriles is 1. The van der Waals surface area contributed by atoms with Crippen LogP contribution in [0.2, 0.25) is 0 Å². The molecule has 0 amide bonds. The molecular weight excluding hydrogens is 359 g/mol. The molecule has 7 nitrogen and oxygen atoms in total. The molecule has 3 heterocycles. The summed E-state index contributed by atoms with van der Waals surface area (Å²) in [5.41, 5.74) is 2.11. The van der Waals surface area contributed by atoms with E-state index in [1.807, 2.05) is 11.5 Å². The van der Waals surface area contributed by atoms with Gasteiger partial charge in [0.15, 0.2) is 5.82 Å². The molecule has 2 aromatic heterocycles. The molecule has 0 bridgehead atoms. The van der Waals surface area contributed by atoms with Gasteiger partial charge in [-0.1, -0.05) is 0 Å². The molecule has 8 heteroatoms. The number of aryl methyl sites for hydroxylation is 1. The van der Waals surface area contributed by atoms with Crippen molar-refractivity contribution < 1.29 is 9.13 Å². The summed E-state index contributed by atoms with van der Waals surface area (Å²) in [6.45, 7) is 3.27. The van der Waals surface area contributed by atoms with Crippen LogP contribution in [0.25, 0.3) is 11.4 Å². The third-order valence-corrected chi connectivity index (χ3v) is 4.79. The van der Waals surface area contributed by atoms with E-state index < -0.39 is 5.82 Å². The Kier molecular flexibility index (Phi) is 5.00. The summed E-state index contributed by atoms with van der Waals surface area (Å²) in [4.78, 5) is 12.8. The Bertz CT molecular complexity index is 1020. The van der Waals surface area contributed by atoms with E-state index in [4.69, 9.17) is 10.00 Å². The minimum atomic E-state index is -0.501. The summed E-state index contributed by atoms with van der Waals surface area (Å²) < 4.78 is 22.1. The van der Waals surface area contributed by atoms with Gasteiger partial charge in [-0.05, 0) is 44.0 Å². The summed E-state index contributed by atoms with van der Waals surface area (Å²) in [7, 11) is 0. The summed E-state index contributed by atoms with van der Waals surface area (Å²) in [5.74, 6) is 0.596. The average molecular weight is 378 g/mol. The molecular formula is C20H19FN6O. The smallest absolute Gasteiger partial charge is 0.227 e. The first-order valence-electron chi connectivity index (χ1n) is 9.07. The van der Waals surface area contributed by atoms with Crippen LogP contribution in [-0.4, -0.2) is 32.7 Å². The standard InChI is InChI=1S/C20H19FN6O/c1-13-23-12-18(27(13)16-6-8-28-9-7-16)19-17(21)11-24-20(26-19)25-15-4-2-14(10-22)3-5-15/h2-5,11-12,16H,6-9H2,1H3,(H,24,25,26). The molecule has 0 saturated carbocycles. The molecule has 28 heavy (non-hydrogen) atoms. The van der Waals surface area contributed by atoms with Crippen molar-refractivity contribution in [3.63, 3.8) is 0 Å². The van der Waals surface area contributed by atoms with E-state index in [1.54, 1.807) is 30.5 Å². The van der Waals surface area contributed by atoms with Crippen molar-refractivity contribution in [3.8, 4) is 17.5 Å². The van der Waals surface area contributed by atoms with Crippen molar-refractivity contribution in [1.82, 2.24) is 19.5 Å². The second kappa shape index (κ2) is 7.74. The average Bonchev–Trinajstić information content (AvgIpc) is 3.12. The number of anilines is 2. The third kappa shape index (κ3) is 3.57. The molecule has 0 unspecified atom stereocenters. The molecule has 0 atom stereocenters. The molecule has 1 fully saturated rings. The van der Waals surface area contributed by atoms with Crippen LogP contribution in [0.3, 0.4) is 0 Å². The lowest BCUT2D eigenvalue weighted by atomic mass is 10.1. The summed E-state index contributed by atoms with van der Waals surface area (Å²) in [6, 6.07) is 9.16. The fourth-order valence-electron chi connectivity index (χ4n) is 3.40. The molecule has 0 aliphatic carbocycles. The van der Waals surface area contributed by atoms with Crippen molar-refractivity contribution in [2.24, 2.45) is 0 Å². The van der Waals surface area contributed by atoms with Gasteiger partial charge in [-0.25, -0.2) is 19.3 Å². The van der Waals surface area contributed by atoms with Crippen LogP contribution in [0.1, 0.15) is 30.3 Å². The normalized spacial score (nSPS) is 14.6. The second-order valence-corrected chi connectivity index (χ2v) is 6.61. The Morgan fingerprint density at radius 2 is 1.93 bits per heavy atom. The minimum Gasteiger partial charge on any atom is -0.381 e. The molecule has 1 aliphatic heterocycles. The number of imidazole rings is 1. The van der Waals surface area contributed by atoms with Crippen molar-refractivity contribution in [2.75, 3.05) is 18.5 Å². The molecule has 1 aromatic carbocycles. The van der Waals surface area contributed by atoms with Crippen LogP contribution in [-0.2, 0) is 4.74 Å². The summed E-state index contributed by atoms with van der Waals surface area (Å²) in [6.07, 6.45) is 4.52. The van der Waals surface area contributed by atoms with Gasteiger partial charge in [-0.2, -0.15) is 5.26 Å². The third-order valence-electron chi connectivity index (χ3n) is 4.79. The van der Waals surface area contributed by atoms with Gasteiger partial charge < -0.3 is 14.6 Å². The Morgan fingerprint density at radius 3 is 2.64 bits per heavy atom. The van der Waals surface area contributed by atoms with Gasteiger partial charge in [0.25, 0.3) is 0 Å². The molecule has 0 spiro atoms. The van der Waals surface area contributed by atoms with Gasteiger partial charge in [0, 0.05) is 24.9 Å². The van der Waals surface area contributed by atoms with Gasteiger partial charge in [-0.15, -0.1) is 0 Å². The minimum absolute atomic E-state index is 0.204. The van der Waals surface area contributed by atoms with Gasteiger partial charge in [0.05, 0.1) is 29.7 Å². The highest BCUT2D eigenvalue weighted by molar-refractivity contribution is 5.60. The van der Waals surface area contributed by atoms with Crippen LogP contribution < -0.4 is 5.32 Å². The number of nitrogens with zero attached hydrogens (tertiary/aromatic N) is 5. The number of aromatic nitrogens is 4. The summed E-state index contributed by atoms with van der Waals surface area (Å²) >= 11 is 0. The molecule has 1 saturated heterocycles. The Morgan fingerprint density at radius 1 is 1.18 bits per heavy atom. The monoisotopic (exact) mass is 378 g/mol. The first kappa shape index (κ1) is 18.1. The lowest BCUT2D eigenvalue weighted by molar-refractivity contribution is 0.0694. The van der Waals surface area contributed by atoms with Gasteiger partial charge in [-0.3, -0.25) is 0 Å². The van der Waals surface area contributed by atoms with E-state index in [0.717, 1.165) is 24.9 Å². The highest BCUT2D eigenvalue weighted by Gasteiger charge is 2.23. The first-order chi connectivity index (χ1) is 13.7. The second-order valence-electron chi connectivity index (χ2n) is 6.61. The Labute approximate surface area is 161 Å². The number of nitrogens with one attached hydrogen (secondary N) is 1. The number of hydrogen-bond acceptors (Lipinski definition) is 6. The van der Waals surface area contributed by atoms with Crippen LogP contribution in [0.15, 0.2) is 36.7 Å². The summed E-state index contributed by atoms with van der Waals surface area (Å²) in [5, 5.41) is 11.9. The topological polar surface area (TPSA) is 88.7 Å². The maximum atomic E-state index is 14.6. The number of benzene rings is 1. The zero-order valence-electron chi connectivity index (χ0n) is 15.4. The van der Waals surface area contributed by atoms with Gasteiger partial charge in [0.1, 0.15) is 11.5 Å². The number of ether oxygens (including phenoxy) is 1. The molecule has 1 aliphatic rings. The largest absolute Gasteiger partial charge is 0.381 e. The van der Waals surface area contributed by atoms with Crippen molar-refractivity contribution in [1.29, 1.82) is 5.26 Å². The fraction of sp³-hybridized carbons (Fsp3) is 0.300. The van der Waals surface area contributed by atoms with Gasteiger partial charge >= 0.3 is 0 Å². The number of rotatable bonds is 4. The van der Waals surface area contributed by atoms with E-state index in [1.165, 1.54) is 0 Å². The Hall–Kier alpha value is -3.31. The fourth-order valence-corrected chi connectivity index (χ4v) is 3.40. The van der Waals surface area contributed by atoms with E-state index in [9.17, 15) is 4.39 Å². The van der Waals surface area contributed by atoms with E-state index in [-0.39, 0.29) is 17.7 Å². The maximum absolute atomic E-state index is 14.6. The highest BCUT2D eigenvalue weighted by atomic mass is 19.1. The van der Waals surface area contributed by atoms with Crippen LogP contribution in [0.4, 0.5) is 16.0 Å². The van der Waals surface area contributed by atoms with Crippen LogP contribution in [0, 0.1) is 24.1 Å². The van der Waals surface area contributed by atoms with Crippen LogP contribution >= 0.6 is 0 Å². The highest BCUT2D eigenvalue weighted by Crippen LogP contribution is 2.30. The van der Waals surface area contributed by atoms with E-state index in [0.29, 0.717) is 30.2 Å². The van der Waals surface area contributed by atoms with Crippen LogP contribution in [0.5, 0.6) is 0 Å². The molecule has 4 rings (SSSR count). The molecule has 142 valence electrons. The van der Waals surface area contributed by atoms with Gasteiger partial charge in [0.2, 0.25) is 5.95 Å². The number of halogens is 1. The lowest BCUT2D eigenvalue weighted by Gasteiger charge is -2.26. The Balaban J connectivity index is 1.67. The van der Waals surface area contributed by atoms with E-state index >= 15 is 0 Å². The van der Waals surface area contributed by atoms with Crippen molar-refractivity contribution in [3.05, 3.63) is 53.9 Å². The number of hydrogen-bond donors (Lipinski definition) is 1. The maximum Gasteiger partial charge on any atom is 0.227 e. The SMILES string of the molecule is Cc1ncc(-c2nc(Nc3ccc(C#N)cc3)ncc2F)n1C1CCOCC1. The zero-order chi connectivity index (χ0) is 19.5. The lowest BCUT2D eigenvalue weighted by Crippen LogP contribution is -2.21.